The van der Waals surface area contributed by atoms with Gasteiger partial charge in [-0.3, -0.25) is 14.5 Å². The lowest BCUT2D eigenvalue weighted by Gasteiger charge is -2.36. The Morgan fingerprint density at radius 2 is 1.88 bits per heavy atom. The molecule has 0 radical (unpaired) electrons. The van der Waals surface area contributed by atoms with E-state index in [2.05, 4.69) is 25.1 Å². The first-order valence-corrected chi connectivity index (χ1v) is 11.0. The first-order chi connectivity index (χ1) is 15.6. The van der Waals surface area contributed by atoms with Gasteiger partial charge in [-0.1, -0.05) is 36.4 Å². The van der Waals surface area contributed by atoms with Crippen molar-refractivity contribution in [3.63, 3.8) is 0 Å². The van der Waals surface area contributed by atoms with Crippen molar-refractivity contribution in [2.45, 2.75) is 13.8 Å². The molecular weight excluding hydrogens is 402 g/mol. The molecule has 0 spiro atoms. The molecule has 4 rings (SSSR count). The van der Waals surface area contributed by atoms with E-state index in [1.54, 1.807) is 6.20 Å². The molecule has 0 saturated carbocycles. The fraction of sp³-hybridized carbons (Fsp3) is 0.320. The predicted molar refractivity (Wildman–Crippen MR) is 130 cm³/mol. The van der Waals surface area contributed by atoms with Gasteiger partial charge in [0.15, 0.2) is 0 Å². The highest BCUT2D eigenvalue weighted by molar-refractivity contribution is 6.10. The molecule has 7 nitrogen and oxygen atoms in total. The lowest BCUT2D eigenvalue weighted by molar-refractivity contribution is -0.122. The maximum atomic E-state index is 12.4. The number of hydrogen-bond donors (Lipinski definition) is 2. The standard InChI is InChI=1S/C25H29N5O2/c1-3-7-18(4-2)16-27-22(31)17-29-12-14-30(15-13-29)21-10-11-26-24-23(21)19-8-5-6-9-20(19)25(32)28-24/h3-11H,12-17H2,1-2H3,(H,27,31)(H,26,28,32)/b7-3-,18-4+. The Hall–Kier alpha value is -3.45. The fourth-order valence-electron chi connectivity index (χ4n) is 4.23. The van der Waals surface area contributed by atoms with Gasteiger partial charge >= 0.3 is 0 Å². The Morgan fingerprint density at radius 1 is 1.12 bits per heavy atom. The van der Waals surface area contributed by atoms with Crippen LogP contribution in [0, 0.1) is 0 Å². The van der Waals surface area contributed by atoms with E-state index in [4.69, 9.17) is 0 Å². The van der Waals surface area contributed by atoms with E-state index in [0.717, 1.165) is 48.2 Å². The zero-order valence-electron chi connectivity index (χ0n) is 18.6. The van der Waals surface area contributed by atoms with E-state index >= 15 is 0 Å². The maximum absolute atomic E-state index is 12.4. The van der Waals surface area contributed by atoms with Gasteiger partial charge < -0.3 is 15.2 Å². The van der Waals surface area contributed by atoms with Gasteiger partial charge in [0.2, 0.25) is 5.91 Å². The highest BCUT2D eigenvalue weighted by Crippen LogP contribution is 2.30. The number of benzene rings is 1. The second-order valence-corrected chi connectivity index (χ2v) is 7.96. The molecule has 1 saturated heterocycles. The zero-order chi connectivity index (χ0) is 22.5. The van der Waals surface area contributed by atoms with Crippen LogP contribution in [-0.2, 0) is 4.79 Å². The van der Waals surface area contributed by atoms with Crippen molar-refractivity contribution < 1.29 is 4.79 Å². The number of nitrogens with zero attached hydrogens (tertiary/aromatic N) is 3. The average molecular weight is 432 g/mol. The number of amides is 1. The Morgan fingerprint density at radius 3 is 2.59 bits per heavy atom. The van der Waals surface area contributed by atoms with E-state index in [1.807, 2.05) is 62.4 Å². The summed E-state index contributed by atoms with van der Waals surface area (Å²) >= 11 is 0. The van der Waals surface area contributed by atoms with Gasteiger partial charge in [-0.15, -0.1) is 0 Å². The van der Waals surface area contributed by atoms with Crippen LogP contribution in [0.4, 0.5) is 5.69 Å². The number of fused-ring (bicyclic) bond motifs is 3. The number of aromatic nitrogens is 2. The third-order valence-corrected chi connectivity index (χ3v) is 5.92. The van der Waals surface area contributed by atoms with Crippen molar-refractivity contribution in [3.8, 4) is 0 Å². The molecule has 1 aliphatic rings. The minimum atomic E-state index is -0.121. The van der Waals surface area contributed by atoms with Gasteiger partial charge in [0, 0.05) is 60.8 Å². The van der Waals surface area contributed by atoms with Crippen molar-refractivity contribution in [1.29, 1.82) is 0 Å². The number of rotatable bonds is 6. The first kappa shape index (κ1) is 21.8. The molecule has 1 aromatic carbocycles. The average Bonchev–Trinajstić information content (AvgIpc) is 2.82. The molecule has 2 N–H and O–H groups in total. The van der Waals surface area contributed by atoms with Gasteiger partial charge in [-0.05, 0) is 31.6 Å². The number of H-pyrrole nitrogens is 1. The van der Waals surface area contributed by atoms with E-state index in [0.29, 0.717) is 24.1 Å². The van der Waals surface area contributed by atoms with Crippen molar-refractivity contribution in [3.05, 3.63) is 70.7 Å². The Bertz CT molecular complexity index is 1240. The summed E-state index contributed by atoms with van der Waals surface area (Å²) < 4.78 is 0. The predicted octanol–water partition coefficient (Wildman–Crippen LogP) is 2.84. The Kier molecular flexibility index (Phi) is 6.66. The van der Waals surface area contributed by atoms with E-state index in [1.165, 1.54) is 0 Å². The number of nitrogens with one attached hydrogen (secondary N) is 2. The lowest BCUT2D eigenvalue weighted by atomic mass is 10.1. The minimum Gasteiger partial charge on any atom is -0.368 e. The molecule has 1 aliphatic heterocycles. The zero-order valence-corrected chi connectivity index (χ0v) is 18.6. The quantitative estimate of drug-likeness (QED) is 0.463. The number of pyridine rings is 2. The Balaban J connectivity index is 1.45. The molecule has 1 amide bonds. The number of carbonyl (C=O) groups is 1. The molecule has 2 aromatic heterocycles. The topological polar surface area (TPSA) is 81.3 Å². The van der Waals surface area contributed by atoms with Crippen molar-refractivity contribution >= 4 is 33.4 Å². The number of aromatic amines is 1. The van der Waals surface area contributed by atoms with Crippen LogP contribution < -0.4 is 15.8 Å². The molecule has 0 bridgehead atoms. The largest absolute Gasteiger partial charge is 0.368 e. The third-order valence-electron chi connectivity index (χ3n) is 5.92. The van der Waals surface area contributed by atoms with Crippen LogP contribution in [-0.4, -0.2) is 60.0 Å². The van der Waals surface area contributed by atoms with Gasteiger partial charge in [0.05, 0.1) is 6.54 Å². The summed E-state index contributed by atoms with van der Waals surface area (Å²) in [7, 11) is 0. The van der Waals surface area contributed by atoms with Crippen LogP contribution in [0.15, 0.2) is 65.1 Å². The van der Waals surface area contributed by atoms with Gasteiger partial charge in [0.25, 0.3) is 5.56 Å². The normalized spacial score (nSPS) is 15.7. The van der Waals surface area contributed by atoms with E-state index in [9.17, 15) is 9.59 Å². The number of carbonyl (C=O) groups excluding carboxylic acids is 1. The van der Waals surface area contributed by atoms with Crippen molar-refractivity contribution in [2.24, 2.45) is 0 Å². The van der Waals surface area contributed by atoms with E-state index < -0.39 is 0 Å². The van der Waals surface area contributed by atoms with Crippen LogP contribution in [0.2, 0.25) is 0 Å². The summed E-state index contributed by atoms with van der Waals surface area (Å²) in [6, 6.07) is 9.65. The second-order valence-electron chi connectivity index (χ2n) is 7.96. The van der Waals surface area contributed by atoms with Crippen molar-refractivity contribution in [2.75, 3.05) is 44.2 Å². The SMILES string of the molecule is C/C=C\C(=C/C)CNC(=O)CN1CCN(c2ccnc3[nH]c(=O)c4ccccc4c23)CC1. The third kappa shape index (κ3) is 4.57. The van der Waals surface area contributed by atoms with E-state index in [-0.39, 0.29) is 11.5 Å². The number of allylic oxidation sites excluding steroid dienone is 2. The number of hydrogen-bond acceptors (Lipinski definition) is 5. The summed E-state index contributed by atoms with van der Waals surface area (Å²) in [4.78, 5) is 36.6. The van der Waals surface area contributed by atoms with Crippen LogP contribution in [0.25, 0.3) is 21.8 Å². The highest BCUT2D eigenvalue weighted by atomic mass is 16.2. The summed E-state index contributed by atoms with van der Waals surface area (Å²) in [6.45, 7) is 8.09. The number of anilines is 1. The molecule has 7 heteroatoms. The number of piperazine rings is 1. The molecule has 1 fully saturated rings. The molecule has 0 atom stereocenters. The molecule has 0 aliphatic carbocycles. The summed E-state index contributed by atoms with van der Waals surface area (Å²) in [5.74, 6) is 0.0419. The van der Waals surface area contributed by atoms with Gasteiger partial charge in [-0.25, -0.2) is 4.98 Å². The summed E-state index contributed by atoms with van der Waals surface area (Å²) in [6.07, 6.45) is 7.73. The van der Waals surface area contributed by atoms with Crippen LogP contribution in [0.5, 0.6) is 0 Å². The van der Waals surface area contributed by atoms with Crippen LogP contribution >= 0.6 is 0 Å². The minimum absolute atomic E-state index is 0.0419. The lowest BCUT2D eigenvalue weighted by Crippen LogP contribution is -2.49. The molecule has 0 unspecified atom stereocenters. The molecule has 32 heavy (non-hydrogen) atoms. The molecule has 3 heterocycles. The van der Waals surface area contributed by atoms with Gasteiger partial charge in [-0.2, -0.15) is 0 Å². The summed E-state index contributed by atoms with van der Waals surface area (Å²) in [5.41, 5.74) is 2.65. The smallest absolute Gasteiger partial charge is 0.257 e. The highest BCUT2D eigenvalue weighted by Gasteiger charge is 2.21. The second kappa shape index (κ2) is 9.78. The van der Waals surface area contributed by atoms with Crippen LogP contribution in [0.1, 0.15) is 13.8 Å². The maximum Gasteiger partial charge on any atom is 0.257 e. The van der Waals surface area contributed by atoms with Crippen molar-refractivity contribution in [1.82, 2.24) is 20.2 Å². The monoisotopic (exact) mass is 431 g/mol. The molecular formula is C25H29N5O2. The van der Waals surface area contributed by atoms with Gasteiger partial charge in [0.1, 0.15) is 5.65 Å². The molecule has 3 aromatic rings. The van der Waals surface area contributed by atoms with Crippen LogP contribution in [0.3, 0.4) is 0 Å². The summed E-state index contributed by atoms with van der Waals surface area (Å²) in [5, 5.41) is 5.56. The Labute approximate surface area is 187 Å². The fourth-order valence-corrected chi connectivity index (χ4v) is 4.23. The first-order valence-electron chi connectivity index (χ1n) is 11.0. The molecule has 166 valence electrons.